The van der Waals surface area contributed by atoms with Gasteiger partial charge in [-0.15, -0.1) is 0 Å². The minimum Gasteiger partial charge on any atom is -0.339 e. The maximum Gasteiger partial charge on any atom is 0.255 e. The maximum absolute atomic E-state index is 12.5. The second-order valence-electron chi connectivity index (χ2n) is 6.85. The molecule has 0 aliphatic heterocycles. The Balaban J connectivity index is 1.57. The fourth-order valence-corrected chi connectivity index (χ4v) is 3.40. The molecule has 3 rings (SSSR count). The van der Waals surface area contributed by atoms with Crippen molar-refractivity contribution >= 4 is 29.1 Å². The van der Waals surface area contributed by atoms with Gasteiger partial charge in [-0.3, -0.25) is 9.59 Å². The summed E-state index contributed by atoms with van der Waals surface area (Å²) < 4.78 is 1.79. The molecule has 1 aromatic heterocycles. The summed E-state index contributed by atoms with van der Waals surface area (Å²) in [5, 5.41) is 7.51. The van der Waals surface area contributed by atoms with E-state index in [0.29, 0.717) is 42.2 Å². The van der Waals surface area contributed by atoms with Crippen molar-refractivity contribution < 1.29 is 9.59 Å². The fraction of sp³-hybridized carbons (Fsp3) is 0.261. The van der Waals surface area contributed by atoms with E-state index in [2.05, 4.69) is 10.4 Å². The Morgan fingerprint density at radius 1 is 1.10 bits per heavy atom. The van der Waals surface area contributed by atoms with E-state index in [1.807, 2.05) is 50.4 Å². The lowest BCUT2D eigenvalue weighted by Gasteiger charge is -2.19. The van der Waals surface area contributed by atoms with Gasteiger partial charge in [-0.2, -0.15) is 5.10 Å². The molecule has 0 aliphatic rings. The van der Waals surface area contributed by atoms with Crippen LogP contribution in [-0.2, 0) is 11.2 Å². The summed E-state index contributed by atoms with van der Waals surface area (Å²) >= 11 is 6.29. The van der Waals surface area contributed by atoms with Gasteiger partial charge in [0.05, 0.1) is 22.5 Å². The number of halogens is 1. The summed E-state index contributed by atoms with van der Waals surface area (Å²) in [7, 11) is 0. The van der Waals surface area contributed by atoms with Gasteiger partial charge in [0.2, 0.25) is 5.91 Å². The third kappa shape index (κ3) is 5.27. The fourth-order valence-electron chi connectivity index (χ4n) is 3.14. The zero-order valence-electron chi connectivity index (χ0n) is 17.1. The Hall–Kier alpha value is -3.12. The van der Waals surface area contributed by atoms with Crippen LogP contribution in [0.15, 0.2) is 60.9 Å². The van der Waals surface area contributed by atoms with Crippen molar-refractivity contribution in [2.24, 2.45) is 0 Å². The molecule has 0 fully saturated rings. The van der Waals surface area contributed by atoms with Crippen LogP contribution in [0.5, 0.6) is 0 Å². The number of aromatic nitrogens is 2. The van der Waals surface area contributed by atoms with Gasteiger partial charge in [0.25, 0.3) is 5.91 Å². The highest BCUT2D eigenvalue weighted by Gasteiger charge is 2.16. The van der Waals surface area contributed by atoms with Gasteiger partial charge in [0.15, 0.2) is 0 Å². The Morgan fingerprint density at radius 2 is 1.83 bits per heavy atom. The Bertz CT molecular complexity index is 1010. The van der Waals surface area contributed by atoms with E-state index in [1.165, 1.54) is 0 Å². The second-order valence-corrected chi connectivity index (χ2v) is 7.26. The van der Waals surface area contributed by atoms with Crippen LogP contribution >= 0.6 is 11.6 Å². The highest BCUT2D eigenvalue weighted by molar-refractivity contribution is 6.34. The molecular formula is C23H25ClN4O2. The van der Waals surface area contributed by atoms with Crippen LogP contribution in [0.25, 0.3) is 5.69 Å². The number of para-hydroxylation sites is 1. The molecule has 0 unspecified atom stereocenters. The monoisotopic (exact) mass is 424 g/mol. The molecule has 0 spiro atoms. The van der Waals surface area contributed by atoms with Gasteiger partial charge < -0.3 is 10.2 Å². The standard InChI is InChI=1S/C23H25ClN4O2/c1-3-27(4-2)23(30)20-12-11-18(14-21(20)24)26-22(29)13-10-17-15-25-28(16-17)19-8-6-5-7-9-19/h5-9,11-12,14-16H,3-4,10,13H2,1-2H3,(H,26,29). The molecule has 3 aromatic rings. The van der Waals surface area contributed by atoms with E-state index >= 15 is 0 Å². The normalized spacial score (nSPS) is 10.6. The number of hydrogen-bond donors (Lipinski definition) is 1. The molecule has 2 amide bonds. The van der Waals surface area contributed by atoms with E-state index in [9.17, 15) is 9.59 Å². The summed E-state index contributed by atoms with van der Waals surface area (Å²) in [6.07, 6.45) is 4.58. The summed E-state index contributed by atoms with van der Waals surface area (Å²) in [6, 6.07) is 14.8. The first-order valence-corrected chi connectivity index (χ1v) is 10.4. The topological polar surface area (TPSA) is 67.2 Å². The molecule has 156 valence electrons. The summed E-state index contributed by atoms with van der Waals surface area (Å²) in [4.78, 5) is 26.5. The van der Waals surface area contributed by atoms with Crippen LogP contribution in [0, 0.1) is 0 Å². The van der Waals surface area contributed by atoms with E-state index in [4.69, 9.17) is 11.6 Å². The number of carbonyl (C=O) groups excluding carboxylic acids is 2. The largest absolute Gasteiger partial charge is 0.339 e. The molecule has 0 saturated heterocycles. The number of benzene rings is 2. The zero-order chi connectivity index (χ0) is 21.5. The molecular weight excluding hydrogens is 400 g/mol. The third-order valence-corrected chi connectivity index (χ3v) is 5.14. The number of anilines is 1. The summed E-state index contributed by atoms with van der Waals surface area (Å²) in [5.74, 6) is -0.236. The lowest BCUT2D eigenvalue weighted by atomic mass is 10.1. The van der Waals surface area contributed by atoms with Gasteiger partial charge >= 0.3 is 0 Å². The van der Waals surface area contributed by atoms with Gasteiger partial charge in [-0.1, -0.05) is 29.8 Å². The smallest absolute Gasteiger partial charge is 0.255 e. The van der Waals surface area contributed by atoms with Crippen molar-refractivity contribution in [3.05, 3.63) is 77.1 Å². The van der Waals surface area contributed by atoms with E-state index in [1.54, 1.807) is 34.0 Å². The van der Waals surface area contributed by atoms with Gasteiger partial charge in [0, 0.05) is 31.4 Å². The molecule has 30 heavy (non-hydrogen) atoms. The van der Waals surface area contributed by atoms with Crippen LogP contribution in [0.2, 0.25) is 5.02 Å². The summed E-state index contributed by atoms with van der Waals surface area (Å²) in [5.41, 5.74) is 2.96. The first-order chi connectivity index (χ1) is 14.5. The number of nitrogens with one attached hydrogen (secondary N) is 1. The summed E-state index contributed by atoms with van der Waals surface area (Å²) in [6.45, 7) is 5.08. The van der Waals surface area contributed by atoms with Crippen molar-refractivity contribution in [1.29, 1.82) is 0 Å². The molecule has 0 radical (unpaired) electrons. The first-order valence-electron chi connectivity index (χ1n) is 9.99. The SMILES string of the molecule is CCN(CC)C(=O)c1ccc(NC(=O)CCc2cnn(-c3ccccc3)c2)cc1Cl. The van der Waals surface area contributed by atoms with E-state index in [-0.39, 0.29) is 11.8 Å². The van der Waals surface area contributed by atoms with Gasteiger partial charge in [0.1, 0.15) is 0 Å². The average Bonchev–Trinajstić information content (AvgIpc) is 3.23. The van der Waals surface area contributed by atoms with Crippen molar-refractivity contribution in [2.45, 2.75) is 26.7 Å². The third-order valence-electron chi connectivity index (χ3n) is 4.83. The highest BCUT2D eigenvalue weighted by atomic mass is 35.5. The molecule has 1 N–H and O–H groups in total. The van der Waals surface area contributed by atoms with Crippen molar-refractivity contribution in [3.8, 4) is 5.69 Å². The average molecular weight is 425 g/mol. The van der Waals surface area contributed by atoms with Crippen molar-refractivity contribution in [3.63, 3.8) is 0 Å². The number of nitrogens with zero attached hydrogens (tertiary/aromatic N) is 3. The van der Waals surface area contributed by atoms with Gasteiger partial charge in [-0.05, 0) is 56.2 Å². The zero-order valence-corrected chi connectivity index (χ0v) is 17.9. The molecule has 0 aliphatic carbocycles. The van der Waals surface area contributed by atoms with E-state index < -0.39 is 0 Å². The Labute approximate surface area is 181 Å². The lowest BCUT2D eigenvalue weighted by molar-refractivity contribution is -0.116. The molecule has 1 heterocycles. The van der Waals surface area contributed by atoms with Crippen molar-refractivity contribution in [1.82, 2.24) is 14.7 Å². The van der Waals surface area contributed by atoms with E-state index in [0.717, 1.165) is 11.3 Å². The minimum absolute atomic E-state index is 0.113. The first kappa shape index (κ1) is 21.6. The minimum atomic E-state index is -0.124. The van der Waals surface area contributed by atoms with Crippen LogP contribution in [0.1, 0.15) is 36.2 Å². The predicted octanol–water partition coefficient (Wildman–Crippen LogP) is 4.58. The Morgan fingerprint density at radius 3 is 2.50 bits per heavy atom. The predicted molar refractivity (Wildman–Crippen MR) is 119 cm³/mol. The Kier molecular flexibility index (Phi) is 7.25. The number of rotatable bonds is 8. The lowest BCUT2D eigenvalue weighted by Crippen LogP contribution is -2.30. The molecule has 0 atom stereocenters. The van der Waals surface area contributed by atoms with Crippen LogP contribution in [0.4, 0.5) is 5.69 Å². The van der Waals surface area contributed by atoms with Crippen LogP contribution < -0.4 is 5.32 Å². The molecule has 6 nitrogen and oxygen atoms in total. The van der Waals surface area contributed by atoms with Crippen LogP contribution in [-0.4, -0.2) is 39.6 Å². The number of hydrogen-bond acceptors (Lipinski definition) is 3. The molecule has 0 bridgehead atoms. The number of aryl methyl sites for hydroxylation is 1. The second kappa shape index (κ2) is 10.1. The quantitative estimate of drug-likeness (QED) is 0.575. The highest BCUT2D eigenvalue weighted by Crippen LogP contribution is 2.23. The maximum atomic E-state index is 12.5. The van der Waals surface area contributed by atoms with Crippen molar-refractivity contribution in [2.75, 3.05) is 18.4 Å². The van der Waals surface area contributed by atoms with Crippen LogP contribution in [0.3, 0.4) is 0 Å². The molecule has 7 heteroatoms. The number of carbonyl (C=O) groups is 2. The van der Waals surface area contributed by atoms with Gasteiger partial charge in [-0.25, -0.2) is 4.68 Å². The number of amides is 2. The molecule has 2 aromatic carbocycles. The molecule has 0 saturated carbocycles.